The van der Waals surface area contributed by atoms with Gasteiger partial charge < -0.3 is 15.3 Å². The highest BCUT2D eigenvalue weighted by Gasteiger charge is 2.27. The van der Waals surface area contributed by atoms with Gasteiger partial charge >= 0.3 is 5.97 Å². The Morgan fingerprint density at radius 1 is 1.39 bits per heavy atom. The van der Waals surface area contributed by atoms with Crippen LogP contribution in [0.2, 0.25) is 0 Å². The molecule has 1 amide bonds. The molecular weight excluding hydrogens is 232 g/mol. The zero-order chi connectivity index (χ0) is 13.7. The van der Waals surface area contributed by atoms with Crippen molar-refractivity contribution < 1.29 is 14.7 Å². The highest BCUT2D eigenvalue weighted by Crippen LogP contribution is 2.15. The van der Waals surface area contributed by atoms with Crippen molar-refractivity contribution in [1.29, 1.82) is 0 Å². The molecule has 1 aliphatic rings. The van der Waals surface area contributed by atoms with Crippen molar-refractivity contribution in [2.75, 3.05) is 26.2 Å². The number of nitrogens with one attached hydrogen (secondary N) is 1. The average molecular weight is 256 g/mol. The van der Waals surface area contributed by atoms with Crippen LogP contribution >= 0.6 is 0 Å². The van der Waals surface area contributed by atoms with E-state index in [1.807, 2.05) is 0 Å². The van der Waals surface area contributed by atoms with Gasteiger partial charge in [0.05, 0.1) is 5.92 Å². The number of amides is 1. The molecule has 1 heterocycles. The zero-order valence-corrected chi connectivity index (χ0v) is 11.5. The molecule has 1 saturated heterocycles. The number of aliphatic carboxylic acids is 1. The molecular formula is C13H24N2O3. The van der Waals surface area contributed by atoms with Crippen molar-refractivity contribution in [3.05, 3.63) is 0 Å². The number of nitrogens with zero attached hydrogens (tertiary/aromatic N) is 1. The van der Waals surface area contributed by atoms with Crippen molar-refractivity contribution in [2.45, 2.75) is 27.2 Å². The van der Waals surface area contributed by atoms with Gasteiger partial charge in [0.2, 0.25) is 5.91 Å². The van der Waals surface area contributed by atoms with Crippen molar-refractivity contribution >= 4 is 11.9 Å². The van der Waals surface area contributed by atoms with Crippen molar-refractivity contribution in [3.8, 4) is 0 Å². The lowest BCUT2D eigenvalue weighted by molar-refractivity contribution is -0.146. The zero-order valence-electron chi connectivity index (χ0n) is 11.5. The predicted octanol–water partition coefficient (Wildman–Crippen LogP) is 0.801. The van der Waals surface area contributed by atoms with E-state index in [4.69, 9.17) is 5.11 Å². The summed E-state index contributed by atoms with van der Waals surface area (Å²) in [6.07, 6.45) is 1.11. The molecule has 0 aromatic heterocycles. The third kappa shape index (κ3) is 3.98. The first-order chi connectivity index (χ1) is 8.45. The van der Waals surface area contributed by atoms with Gasteiger partial charge in [-0.3, -0.25) is 9.59 Å². The van der Waals surface area contributed by atoms with Gasteiger partial charge in [-0.25, -0.2) is 0 Å². The van der Waals surface area contributed by atoms with Crippen LogP contribution in [-0.2, 0) is 9.59 Å². The lowest BCUT2D eigenvalue weighted by Crippen LogP contribution is -2.38. The standard InChI is InChI=1S/C13H24N2O3/c1-4-15-6-5-11(8-15)7-14-12(16)9(2)10(3)13(17)18/h9-11H,4-8H2,1-3H3,(H,14,16)(H,17,18). The normalized spacial score (nSPS) is 23.6. The largest absolute Gasteiger partial charge is 0.481 e. The second-order valence-electron chi connectivity index (χ2n) is 5.21. The van der Waals surface area contributed by atoms with E-state index in [9.17, 15) is 9.59 Å². The SMILES string of the molecule is CCN1CCC(CNC(=O)C(C)C(C)C(=O)O)C1. The lowest BCUT2D eigenvalue weighted by atomic mass is 9.95. The minimum Gasteiger partial charge on any atom is -0.481 e. The molecule has 1 aliphatic heterocycles. The molecule has 0 bridgehead atoms. The first-order valence-corrected chi connectivity index (χ1v) is 6.68. The smallest absolute Gasteiger partial charge is 0.307 e. The number of carbonyl (C=O) groups excluding carboxylic acids is 1. The van der Waals surface area contributed by atoms with Gasteiger partial charge in [-0.1, -0.05) is 20.8 Å². The van der Waals surface area contributed by atoms with Crippen LogP contribution in [0.4, 0.5) is 0 Å². The van der Waals surface area contributed by atoms with E-state index in [1.165, 1.54) is 0 Å². The van der Waals surface area contributed by atoms with E-state index in [0.717, 1.165) is 26.1 Å². The molecule has 3 unspecified atom stereocenters. The molecule has 1 fully saturated rings. The Morgan fingerprint density at radius 3 is 2.56 bits per heavy atom. The summed E-state index contributed by atoms with van der Waals surface area (Å²) in [7, 11) is 0. The van der Waals surface area contributed by atoms with Crippen LogP contribution in [0.3, 0.4) is 0 Å². The Kier molecular flexibility index (Phi) is 5.59. The molecule has 0 spiro atoms. The van der Waals surface area contributed by atoms with E-state index in [0.29, 0.717) is 12.5 Å². The Balaban J connectivity index is 2.31. The van der Waals surface area contributed by atoms with E-state index in [-0.39, 0.29) is 5.91 Å². The first kappa shape index (κ1) is 15.0. The second-order valence-corrected chi connectivity index (χ2v) is 5.21. The fourth-order valence-corrected chi connectivity index (χ4v) is 2.21. The van der Waals surface area contributed by atoms with Crippen molar-refractivity contribution in [3.63, 3.8) is 0 Å². The number of hydrogen-bond acceptors (Lipinski definition) is 3. The monoisotopic (exact) mass is 256 g/mol. The molecule has 0 aromatic rings. The summed E-state index contributed by atoms with van der Waals surface area (Å²) in [6, 6.07) is 0. The van der Waals surface area contributed by atoms with Gasteiger partial charge in [-0.15, -0.1) is 0 Å². The predicted molar refractivity (Wildman–Crippen MR) is 69.2 cm³/mol. The molecule has 0 aromatic carbocycles. The van der Waals surface area contributed by atoms with Crippen LogP contribution in [0.15, 0.2) is 0 Å². The van der Waals surface area contributed by atoms with E-state index < -0.39 is 17.8 Å². The number of carbonyl (C=O) groups is 2. The molecule has 0 saturated carbocycles. The summed E-state index contributed by atoms with van der Waals surface area (Å²) >= 11 is 0. The van der Waals surface area contributed by atoms with Crippen LogP contribution < -0.4 is 5.32 Å². The van der Waals surface area contributed by atoms with E-state index >= 15 is 0 Å². The maximum absolute atomic E-state index is 11.8. The van der Waals surface area contributed by atoms with Crippen molar-refractivity contribution in [1.82, 2.24) is 10.2 Å². The molecule has 0 aliphatic carbocycles. The van der Waals surface area contributed by atoms with E-state index in [2.05, 4.69) is 17.1 Å². The van der Waals surface area contributed by atoms with Crippen molar-refractivity contribution in [2.24, 2.45) is 17.8 Å². The number of hydrogen-bond donors (Lipinski definition) is 2. The third-order valence-electron chi connectivity index (χ3n) is 3.94. The van der Waals surface area contributed by atoms with Gasteiger partial charge in [-0.2, -0.15) is 0 Å². The van der Waals surface area contributed by atoms with Crippen LogP contribution in [-0.4, -0.2) is 48.1 Å². The van der Waals surface area contributed by atoms with Crippen LogP contribution in [0.5, 0.6) is 0 Å². The van der Waals surface area contributed by atoms with E-state index in [1.54, 1.807) is 13.8 Å². The summed E-state index contributed by atoms with van der Waals surface area (Å²) in [5.41, 5.74) is 0. The number of carboxylic acids is 1. The summed E-state index contributed by atoms with van der Waals surface area (Å²) in [5, 5.41) is 11.7. The quantitative estimate of drug-likeness (QED) is 0.737. The molecule has 104 valence electrons. The fourth-order valence-electron chi connectivity index (χ4n) is 2.21. The Morgan fingerprint density at radius 2 is 2.06 bits per heavy atom. The summed E-state index contributed by atoms with van der Waals surface area (Å²) in [5.74, 6) is -1.69. The molecule has 2 N–H and O–H groups in total. The topological polar surface area (TPSA) is 69.6 Å². The molecule has 5 heteroatoms. The maximum Gasteiger partial charge on any atom is 0.307 e. The Hall–Kier alpha value is -1.10. The fraction of sp³-hybridized carbons (Fsp3) is 0.846. The molecule has 1 rings (SSSR count). The number of carboxylic acid groups (broad SMARTS) is 1. The second kappa shape index (κ2) is 6.73. The highest BCUT2D eigenvalue weighted by atomic mass is 16.4. The third-order valence-corrected chi connectivity index (χ3v) is 3.94. The average Bonchev–Trinajstić information content (AvgIpc) is 2.81. The highest BCUT2D eigenvalue weighted by molar-refractivity contribution is 5.84. The van der Waals surface area contributed by atoms with Gasteiger partial charge in [-0.05, 0) is 25.4 Å². The number of likely N-dealkylation sites (tertiary alicyclic amines) is 1. The molecule has 5 nitrogen and oxygen atoms in total. The van der Waals surface area contributed by atoms with Gasteiger partial charge in [0, 0.05) is 19.0 Å². The van der Waals surface area contributed by atoms with Gasteiger partial charge in [0.25, 0.3) is 0 Å². The minimum atomic E-state index is -0.921. The minimum absolute atomic E-state index is 0.153. The Labute approximate surface area is 109 Å². The number of rotatable bonds is 6. The lowest BCUT2D eigenvalue weighted by Gasteiger charge is -2.18. The molecule has 0 radical (unpaired) electrons. The first-order valence-electron chi connectivity index (χ1n) is 6.68. The van der Waals surface area contributed by atoms with Crippen LogP contribution in [0.1, 0.15) is 27.2 Å². The summed E-state index contributed by atoms with van der Waals surface area (Å²) < 4.78 is 0. The van der Waals surface area contributed by atoms with Crippen LogP contribution in [0.25, 0.3) is 0 Å². The van der Waals surface area contributed by atoms with Crippen LogP contribution in [0, 0.1) is 17.8 Å². The summed E-state index contributed by atoms with van der Waals surface area (Å²) in [6.45, 7) is 9.21. The van der Waals surface area contributed by atoms with Gasteiger partial charge in [0.15, 0.2) is 0 Å². The molecule has 18 heavy (non-hydrogen) atoms. The maximum atomic E-state index is 11.8. The Bertz CT molecular complexity index is 307. The summed E-state index contributed by atoms with van der Waals surface area (Å²) in [4.78, 5) is 25.0. The van der Waals surface area contributed by atoms with Gasteiger partial charge in [0.1, 0.15) is 0 Å². The molecule has 3 atom stereocenters.